The van der Waals surface area contributed by atoms with Gasteiger partial charge in [0, 0.05) is 45.0 Å². The molecule has 3 amide bonds. The van der Waals surface area contributed by atoms with Crippen molar-refractivity contribution in [2.75, 3.05) is 62.9 Å². The molecule has 0 spiro atoms. The summed E-state index contributed by atoms with van der Waals surface area (Å²) < 4.78 is 11.3. The number of pyridine rings is 1. The molecule has 1 N–H and O–H groups in total. The van der Waals surface area contributed by atoms with Gasteiger partial charge in [0.1, 0.15) is 5.52 Å². The highest BCUT2D eigenvalue weighted by Crippen LogP contribution is 2.27. The van der Waals surface area contributed by atoms with Crippen LogP contribution in [0.1, 0.15) is 11.6 Å². The molecule has 2 fully saturated rings. The summed E-state index contributed by atoms with van der Waals surface area (Å²) in [6.45, 7) is 7.74. The summed E-state index contributed by atoms with van der Waals surface area (Å²) in [5.41, 5.74) is 6.44. The Morgan fingerprint density at radius 1 is 1.09 bits per heavy atom. The second-order valence-corrected chi connectivity index (χ2v) is 8.65. The molecule has 2 aromatic heterocycles. The lowest BCUT2D eigenvalue weighted by Crippen LogP contribution is -2.54. The normalized spacial score (nSPS) is 16.9. The fourth-order valence-corrected chi connectivity index (χ4v) is 4.30. The molecular formula is C24H29N7O4. The number of hydrogen-bond donors (Lipinski definition) is 1. The topological polar surface area (TPSA) is 107 Å². The minimum absolute atomic E-state index is 0.0877. The number of carbonyl (C=O) groups is 2. The molecule has 5 rings (SSSR count). The Labute approximate surface area is 203 Å². The van der Waals surface area contributed by atoms with Gasteiger partial charge in [-0.1, -0.05) is 6.07 Å². The number of rotatable bonds is 6. The predicted octanol–water partition coefficient (Wildman–Crippen LogP) is 2.09. The molecule has 11 heteroatoms. The fraction of sp³-hybridized carbons (Fsp3) is 0.417. The first-order valence-electron chi connectivity index (χ1n) is 11.8. The Morgan fingerprint density at radius 3 is 2.57 bits per heavy atom. The van der Waals surface area contributed by atoms with Crippen LogP contribution in [0.2, 0.25) is 0 Å². The number of aryl methyl sites for hydroxylation is 1. The third-order valence-corrected chi connectivity index (χ3v) is 6.25. The lowest BCUT2D eigenvalue weighted by atomic mass is 10.2. The molecule has 0 atom stereocenters. The van der Waals surface area contributed by atoms with Crippen molar-refractivity contribution in [3.63, 3.8) is 0 Å². The quantitative estimate of drug-likeness (QED) is 0.423. The first-order chi connectivity index (χ1) is 17.1. The average molecular weight is 480 g/mol. The van der Waals surface area contributed by atoms with Gasteiger partial charge in [0.05, 0.1) is 37.3 Å². The SMILES string of the molecule is Cc1ccc(NN(C=O)c2cccc3oc(CN4CCN(C(=O)N5CCOCC5)CC4)nc23)cn1. The molecule has 35 heavy (non-hydrogen) atoms. The number of carbonyl (C=O) groups excluding carboxylic acids is 2. The minimum atomic E-state index is 0.0877. The monoisotopic (exact) mass is 479 g/mol. The zero-order chi connectivity index (χ0) is 24.2. The van der Waals surface area contributed by atoms with E-state index < -0.39 is 0 Å². The van der Waals surface area contributed by atoms with Crippen LogP contribution in [0.5, 0.6) is 0 Å². The fourth-order valence-electron chi connectivity index (χ4n) is 4.30. The molecule has 0 saturated carbocycles. The number of ether oxygens (including phenoxy) is 1. The number of aromatic nitrogens is 2. The predicted molar refractivity (Wildman–Crippen MR) is 130 cm³/mol. The number of morpholine rings is 1. The van der Waals surface area contributed by atoms with Gasteiger partial charge in [-0.25, -0.2) is 14.8 Å². The van der Waals surface area contributed by atoms with Gasteiger partial charge < -0.3 is 19.0 Å². The zero-order valence-electron chi connectivity index (χ0n) is 19.7. The maximum absolute atomic E-state index is 12.7. The van der Waals surface area contributed by atoms with E-state index in [2.05, 4.69) is 15.3 Å². The summed E-state index contributed by atoms with van der Waals surface area (Å²) in [5, 5.41) is 1.37. The Bertz CT molecular complexity index is 1170. The molecule has 11 nitrogen and oxygen atoms in total. The molecule has 3 aromatic rings. The van der Waals surface area contributed by atoms with Crippen LogP contribution in [0.4, 0.5) is 16.2 Å². The Morgan fingerprint density at radius 2 is 1.86 bits per heavy atom. The van der Waals surface area contributed by atoms with E-state index in [1.807, 2.05) is 47.1 Å². The smallest absolute Gasteiger partial charge is 0.320 e. The number of anilines is 2. The molecule has 4 heterocycles. The van der Waals surface area contributed by atoms with Crippen LogP contribution in [-0.2, 0) is 16.1 Å². The third-order valence-electron chi connectivity index (χ3n) is 6.25. The molecule has 184 valence electrons. The van der Waals surface area contributed by atoms with E-state index >= 15 is 0 Å². The number of hydrazine groups is 1. The number of nitrogens with zero attached hydrogens (tertiary/aromatic N) is 6. The highest BCUT2D eigenvalue weighted by Gasteiger charge is 2.27. The number of hydrogen-bond acceptors (Lipinski definition) is 8. The first kappa shape index (κ1) is 23.1. The molecule has 1 aromatic carbocycles. The summed E-state index contributed by atoms with van der Waals surface area (Å²) in [4.78, 5) is 39.5. The Hall–Kier alpha value is -3.70. The van der Waals surface area contributed by atoms with Gasteiger partial charge in [0.15, 0.2) is 5.58 Å². The molecule has 0 bridgehead atoms. The summed E-state index contributed by atoms with van der Waals surface area (Å²) in [5.74, 6) is 0.572. The number of oxazole rings is 1. The lowest BCUT2D eigenvalue weighted by molar-refractivity contribution is -0.107. The minimum Gasteiger partial charge on any atom is -0.439 e. The molecule has 2 aliphatic heterocycles. The summed E-state index contributed by atoms with van der Waals surface area (Å²) in [6, 6.07) is 9.29. The number of piperazine rings is 1. The second-order valence-electron chi connectivity index (χ2n) is 8.65. The van der Waals surface area contributed by atoms with E-state index in [-0.39, 0.29) is 6.03 Å². The first-order valence-corrected chi connectivity index (χ1v) is 11.8. The van der Waals surface area contributed by atoms with Gasteiger partial charge in [0.2, 0.25) is 12.3 Å². The van der Waals surface area contributed by atoms with E-state index in [1.54, 1.807) is 6.20 Å². The average Bonchev–Trinajstić information content (AvgIpc) is 3.31. The number of para-hydroxylation sites is 1. The number of amides is 3. The summed E-state index contributed by atoms with van der Waals surface area (Å²) in [6.07, 6.45) is 2.37. The van der Waals surface area contributed by atoms with Crippen LogP contribution in [0, 0.1) is 6.92 Å². The highest BCUT2D eigenvalue weighted by molar-refractivity contribution is 5.94. The van der Waals surface area contributed by atoms with Crippen molar-refractivity contribution in [3.05, 3.63) is 48.1 Å². The number of fused-ring (bicyclic) bond motifs is 1. The van der Waals surface area contributed by atoms with Crippen molar-refractivity contribution in [1.82, 2.24) is 24.7 Å². The van der Waals surface area contributed by atoms with Crippen LogP contribution in [-0.4, -0.2) is 89.6 Å². The van der Waals surface area contributed by atoms with Crippen LogP contribution in [0.25, 0.3) is 11.1 Å². The van der Waals surface area contributed by atoms with Crippen molar-refractivity contribution >= 4 is 34.9 Å². The highest BCUT2D eigenvalue weighted by atomic mass is 16.5. The number of benzene rings is 1. The summed E-state index contributed by atoms with van der Waals surface area (Å²) >= 11 is 0. The van der Waals surface area contributed by atoms with E-state index in [0.29, 0.717) is 80.7 Å². The Balaban J connectivity index is 1.24. The van der Waals surface area contributed by atoms with Crippen molar-refractivity contribution in [3.8, 4) is 0 Å². The number of nitrogens with one attached hydrogen (secondary N) is 1. The standard InChI is InChI=1S/C24H29N7O4/c1-18-5-6-19(15-25-18)27-31(17-32)20-3-2-4-21-23(20)26-22(35-21)16-28-7-9-29(10-8-28)24(33)30-11-13-34-14-12-30/h2-6,15,17,27H,7-14,16H2,1H3. The van der Waals surface area contributed by atoms with Gasteiger partial charge in [-0.2, -0.15) is 0 Å². The van der Waals surface area contributed by atoms with Crippen molar-refractivity contribution in [2.24, 2.45) is 0 Å². The largest absolute Gasteiger partial charge is 0.439 e. The van der Waals surface area contributed by atoms with Crippen LogP contribution in [0.15, 0.2) is 40.9 Å². The molecule has 0 aliphatic carbocycles. The van der Waals surface area contributed by atoms with E-state index in [9.17, 15) is 9.59 Å². The van der Waals surface area contributed by atoms with Crippen molar-refractivity contribution in [1.29, 1.82) is 0 Å². The molecule has 0 unspecified atom stereocenters. The third kappa shape index (κ3) is 5.20. The second kappa shape index (κ2) is 10.3. The van der Waals surface area contributed by atoms with Gasteiger partial charge in [-0.15, -0.1) is 0 Å². The Kier molecular flexibility index (Phi) is 6.77. The molecule has 0 radical (unpaired) electrons. The van der Waals surface area contributed by atoms with Gasteiger partial charge in [0.25, 0.3) is 0 Å². The van der Waals surface area contributed by atoms with Gasteiger partial charge in [-0.3, -0.25) is 20.1 Å². The lowest BCUT2D eigenvalue weighted by Gasteiger charge is -2.38. The van der Waals surface area contributed by atoms with E-state index in [4.69, 9.17) is 14.1 Å². The number of urea groups is 1. The maximum atomic E-state index is 12.7. The molecule has 2 saturated heterocycles. The van der Waals surface area contributed by atoms with E-state index in [1.165, 1.54) is 5.01 Å². The van der Waals surface area contributed by atoms with Crippen LogP contribution >= 0.6 is 0 Å². The van der Waals surface area contributed by atoms with E-state index in [0.717, 1.165) is 18.8 Å². The maximum Gasteiger partial charge on any atom is 0.320 e. The molecular weight excluding hydrogens is 450 g/mol. The van der Waals surface area contributed by atoms with Crippen LogP contribution < -0.4 is 10.4 Å². The summed E-state index contributed by atoms with van der Waals surface area (Å²) in [7, 11) is 0. The van der Waals surface area contributed by atoms with Gasteiger partial charge in [-0.05, 0) is 31.2 Å². The van der Waals surface area contributed by atoms with Crippen molar-refractivity contribution < 1.29 is 18.7 Å². The van der Waals surface area contributed by atoms with Crippen molar-refractivity contribution in [2.45, 2.75) is 13.5 Å². The molecule has 2 aliphatic rings. The van der Waals surface area contributed by atoms with Gasteiger partial charge >= 0.3 is 6.03 Å². The van der Waals surface area contributed by atoms with Crippen LogP contribution in [0.3, 0.4) is 0 Å². The zero-order valence-corrected chi connectivity index (χ0v) is 19.7.